The van der Waals surface area contributed by atoms with Crippen LogP contribution in [0.4, 0.5) is 0 Å². The molecule has 2 aromatic rings. The van der Waals surface area contributed by atoms with E-state index in [-0.39, 0.29) is 0 Å². The molecule has 0 atom stereocenters. The van der Waals surface area contributed by atoms with Crippen molar-refractivity contribution in [2.45, 2.75) is 19.5 Å². The van der Waals surface area contributed by atoms with Crippen molar-refractivity contribution in [1.82, 2.24) is 19.6 Å². The first-order valence-corrected chi connectivity index (χ1v) is 6.76. The van der Waals surface area contributed by atoms with Gasteiger partial charge < -0.3 is 0 Å². The van der Waals surface area contributed by atoms with Crippen LogP contribution in [0.1, 0.15) is 6.42 Å². The number of rotatable bonds is 4. The molecule has 2 aromatic heterocycles. The van der Waals surface area contributed by atoms with Crippen molar-refractivity contribution in [2.75, 3.05) is 0 Å². The maximum atomic E-state index is 4.23. The Labute approximate surface area is 115 Å². The SMILES string of the molecule is Ic1cnn(CCCn2cc(I)cn2)c1. The molecule has 0 spiro atoms. The van der Waals surface area contributed by atoms with Crippen LogP contribution in [0.15, 0.2) is 24.8 Å². The van der Waals surface area contributed by atoms with Gasteiger partial charge in [0.05, 0.1) is 19.5 Å². The third kappa shape index (κ3) is 3.44. The summed E-state index contributed by atoms with van der Waals surface area (Å²) >= 11 is 4.53. The standard InChI is InChI=1S/C9H10I2N4/c10-8-4-12-14(6-8)2-1-3-15-7-9(11)5-13-15/h4-7H,1-3H2. The molecule has 0 saturated heterocycles. The number of aromatic nitrogens is 4. The van der Waals surface area contributed by atoms with Crippen molar-refractivity contribution in [2.24, 2.45) is 0 Å². The Balaban J connectivity index is 1.80. The summed E-state index contributed by atoms with van der Waals surface area (Å²) in [7, 11) is 0. The Bertz CT molecular complexity index is 395. The van der Waals surface area contributed by atoms with Gasteiger partial charge in [-0.25, -0.2) is 0 Å². The summed E-state index contributed by atoms with van der Waals surface area (Å²) in [6, 6.07) is 0. The molecule has 0 amide bonds. The van der Waals surface area contributed by atoms with E-state index in [1.54, 1.807) is 0 Å². The maximum absolute atomic E-state index is 4.23. The van der Waals surface area contributed by atoms with Gasteiger partial charge in [0.15, 0.2) is 0 Å². The second-order valence-corrected chi connectivity index (χ2v) is 5.69. The highest BCUT2D eigenvalue weighted by Gasteiger charge is 1.97. The van der Waals surface area contributed by atoms with Crippen LogP contribution in [0.5, 0.6) is 0 Å². The largest absolute Gasteiger partial charge is 0.272 e. The lowest BCUT2D eigenvalue weighted by molar-refractivity contribution is 0.500. The van der Waals surface area contributed by atoms with Gasteiger partial charge in [-0.2, -0.15) is 10.2 Å². The summed E-state index contributed by atoms with van der Waals surface area (Å²) in [6.07, 6.45) is 8.89. The predicted molar refractivity (Wildman–Crippen MR) is 74.5 cm³/mol. The Hall–Kier alpha value is -0.120. The van der Waals surface area contributed by atoms with Crippen molar-refractivity contribution in [1.29, 1.82) is 0 Å². The molecule has 0 saturated carbocycles. The molecule has 0 N–H and O–H groups in total. The highest BCUT2D eigenvalue weighted by Crippen LogP contribution is 2.04. The predicted octanol–water partition coefficient (Wildman–Crippen LogP) is 2.38. The van der Waals surface area contributed by atoms with Crippen LogP contribution in [-0.2, 0) is 13.1 Å². The summed E-state index contributed by atoms with van der Waals surface area (Å²) in [4.78, 5) is 0. The third-order valence-corrected chi connectivity index (χ3v) is 3.09. The molecule has 4 nitrogen and oxygen atoms in total. The maximum Gasteiger partial charge on any atom is 0.0623 e. The Kier molecular flexibility index (Phi) is 4.00. The van der Waals surface area contributed by atoms with E-state index in [4.69, 9.17) is 0 Å². The fourth-order valence-corrected chi connectivity index (χ4v) is 2.21. The van der Waals surface area contributed by atoms with E-state index in [1.165, 1.54) is 7.14 Å². The van der Waals surface area contributed by atoms with Crippen LogP contribution in [-0.4, -0.2) is 19.6 Å². The van der Waals surface area contributed by atoms with Gasteiger partial charge in [-0.1, -0.05) is 0 Å². The summed E-state index contributed by atoms with van der Waals surface area (Å²) in [5, 5.41) is 8.46. The smallest absolute Gasteiger partial charge is 0.0623 e. The van der Waals surface area contributed by atoms with Crippen LogP contribution < -0.4 is 0 Å². The normalized spacial score (nSPS) is 10.8. The number of hydrogen-bond donors (Lipinski definition) is 0. The average Bonchev–Trinajstić information content (AvgIpc) is 2.76. The summed E-state index contributed by atoms with van der Waals surface area (Å²) in [5.74, 6) is 0. The molecule has 0 aliphatic carbocycles. The van der Waals surface area contributed by atoms with Gasteiger partial charge in [0.1, 0.15) is 0 Å². The molecule has 0 radical (unpaired) electrons. The van der Waals surface area contributed by atoms with Crippen LogP contribution in [0.3, 0.4) is 0 Å². The van der Waals surface area contributed by atoms with Gasteiger partial charge in [0.25, 0.3) is 0 Å². The van der Waals surface area contributed by atoms with Crippen LogP contribution >= 0.6 is 45.2 Å². The molecule has 0 bridgehead atoms. The van der Waals surface area contributed by atoms with E-state index in [2.05, 4.69) is 55.4 Å². The molecule has 80 valence electrons. The number of nitrogens with zero attached hydrogens (tertiary/aromatic N) is 4. The van der Waals surface area contributed by atoms with E-state index in [9.17, 15) is 0 Å². The molecular weight excluding hydrogens is 418 g/mol. The van der Waals surface area contributed by atoms with Crippen LogP contribution in [0.2, 0.25) is 0 Å². The van der Waals surface area contributed by atoms with Crippen molar-refractivity contribution < 1.29 is 0 Å². The van der Waals surface area contributed by atoms with Gasteiger partial charge in [0.2, 0.25) is 0 Å². The van der Waals surface area contributed by atoms with Gasteiger partial charge in [-0.15, -0.1) is 0 Å². The first kappa shape index (κ1) is 11.4. The molecule has 2 heterocycles. The van der Waals surface area contributed by atoms with Crippen molar-refractivity contribution >= 4 is 45.2 Å². The fourth-order valence-electron chi connectivity index (χ4n) is 1.32. The summed E-state index contributed by atoms with van der Waals surface area (Å²) < 4.78 is 6.30. The van der Waals surface area contributed by atoms with Gasteiger partial charge in [0, 0.05) is 25.5 Å². The van der Waals surface area contributed by atoms with E-state index >= 15 is 0 Å². The molecule has 0 aliphatic rings. The second-order valence-electron chi connectivity index (χ2n) is 3.20. The Morgan fingerprint density at radius 3 is 1.73 bits per heavy atom. The van der Waals surface area contributed by atoms with Crippen molar-refractivity contribution in [3.05, 3.63) is 31.9 Å². The third-order valence-electron chi connectivity index (χ3n) is 1.98. The van der Waals surface area contributed by atoms with Crippen molar-refractivity contribution in [3.63, 3.8) is 0 Å². The summed E-state index contributed by atoms with van der Waals surface area (Å²) in [5.41, 5.74) is 0. The molecule has 0 aromatic carbocycles. The van der Waals surface area contributed by atoms with Gasteiger partial charge in [-0.05, 0) is 51.6 Å². The van der Waals surface area contributed by atoms with Crippen molar-refractivity contribution in [3.8, 4) is 0 Å². The molecule has 0 fully saturated rings. The molecule has 2 rings (SSSR count). The zero-order valence-corrected chi connectivity index (χ0v) is 12.3. The minimum Gasteiger partial charge on any atom is -0.272 e. The second kappa shape index (κ2) is 5.28. The minimum atomic E-state index is 0.944. The molecular formula is C9H10I2N4. The summed E-state index contributed by atoms with van der Waals surface area (Å²) in [6.45, 7) is 1.89. The number of hydrogen-bond acceptors (Lipinski definition) is 2. The number of halogens is 2. The molecule has 0 aliphatic heterocycles. The quantitative estimate of drug-likeness (QED) is 0.702. The average molecular weight is 428 g/mol. The first-order valence-electron chi connectivity index (χ1n) is 4.60. The lowest BCUT2D eigenvalue weighted by atomic mass is 10.4. The minimum absolute atomic E-state index is 0.944. The zero-order valence-electron chi connectivity index (χ0n) is 7.98. The topological polar surface area (TPSA) is 35.6 Å². The van der Waals surface area contributed by atoms with E-state index in [0.717, 1.165) is 19.5 Å². The molecule has 0 unspecified atom stereocenters. The monoisotopic (exact) mass is 428 g/mol. The molecule has 6 heteroatoms. The van der Waals surface area contributed by atoms with E-state index in [1.807, 2.05) is 34.2 Å². The van der Waals surface area contributed by atoms with Gasteiger partial charge in [-0.3, -0.25) is 9.36 Å². The highest BCUT2D eigenvalue weighted by atomic mass is 127. The first-order chi connectivity index (χ1) is 7.24. The van der Waals surface area contributed by atoms with Crippen LogP contribution in [0.25, 0.3) is 0 Å². The Morgan fingerprint density at radius 2 is 1.40 bits per heavy atom. The highest BCUT2D eigenvalue weighted by molar-refractivity contribution is 14.1. The Morgan fingerprint density at radius 1 is 0.933 bits per heavy atom. The van der Waals surface area contributed by atoms with E-state index in [0.29, 0.717) is 0 Å². The van der Waals surface area contributed by atoms with E-state index < -0.39 is 0 Å². The number of aryl methyl sites for hydroxylation is 2. The van der Waals surface area contributed by atoms with Crippen LogP contribution in [0, 0.1) is 7.14 Å². The lowest BCUT2D eigenvalue weighted by Gasteiger charge is -2.01. The molecule has 15 heavy (non-hydrogen) atoms. The lowest BCUT2D eigenvalue weighted by Crippen LogP contribution is -2.04. The fraction of sp³-hybridized carbons (Fsp3) is 0.333. The zero-order chi connectivity index (χ0) is 10.7. The van der Waals surface area contributed by atoms with Gasteiger partial charge >= 0.3 is 0 Å².